The molecule has 0 spiro atoms. The van der Waals surface area contributed by atoms with Crippen molar-refractivity contribution in [3.05, 3.63) is 53.2 Å². The Morgan fingerprint density at radius 2 is 2.29 bits per heavy atom. The number of aryl methyl sites for hydroxylation is 1. The first kappa shape index (κ1) is 18.7. The number of likely N-dealkylation sites (tertiary alicyclic amines) is 1. The number of hydrogen-bond acceptors (Lipinski definition) is 6. The van der Waals surface area contributed by atoms with Gasteiger partial charge in [0.25, 0.3) is 0 Å². The Morgan fingerprint density at radius 1 is 1.36 bits per heavy atom. The first-order valence-electron chi connectivity index (χ1n) is 9.52. The Bertz CT molecular complexity index is 923. The Labute approximate surface area is 168 Å². The lowest BCUT2D eigenvalue weighted by atomic mass is 10.0. The zero-order chi connectivity index (χ0) is 19.3. The number of carbonyl (C=O) groups is 1. The molecule has 0 saturated carbocycles. The van der Waals surface area contributed by atoms with Crippen molar-refractivity contribution in [2.24, 2.45) is 0 Å². The maximum absolute atomic E-state index is 12.8. The van der Waals surface area contributed by atoms with Crippen molar-refractivity contribution in [3.8, 4) is 16.5 Å². The highest BCUT2D eigenvalue weighted by Gasteiger charge is 2.28. The van der Waals surface area contributed by atoms with Gasteiger partial charge in [-0.25, -0.2) is 0 Å². The molecule has 3 aromatic rings. The van der Waals surface area contributed by atoms with E-state index in [-0.39, 0.29) is 11.9 Å². The molecule has 1 aromatic carbocycles. The predicted octanol–water partition coefficient (Wildman–Crippen LogP) is 3.97. The van der Waals surface area contributed by atoms with Crippen LogP contribution in [0.4, 0.5) is 0 Å². The van der Waals surface area contributed by atoms with Crippen LogP contribution in [-0.2, 0) is 17.6 Å². The lowest BCUT2D eigenvalue weighted by Gasteiger charge is -2.25. The zero-order valence-corrected chi connectivity index (χ0v) is 16.7. The summed E-state index contributed by atoms with van der Waals surface area (Å²) in [6.45, 7) is 0.817. The second-order valence-corrected chi connectivity index (χ2v) is 7.88. The molecule has 1 unspecified atom stereocenters. The number of nitrogens with zero attached hydrogens (tertiary/aromatic N) is 3. The molecular weight excluding hydrogens is 374 g/mol. The Hall–Kier alpha value is -2.67. The van der Waals surface area contributed by atoms with Gasteiger partial charge in [0.15, 0.2) is 0 Å². The summed E-state index contributed by atoms with van der Waals surface area (Å²) in [5.41, 5.74) is 1.20. The SMILES string of the molecule is COc1cccc(CC2CCCN2C(=O)CCc2nc(-c3cccs3)no2)c1. The molecule has 1 aliphatic rings. The van der Waals surface area contributed by atoms with Gasteiger partial charge in [-0.3, -0.25) is 4.79 Å². The normalized spacial score (nSPS) is 16.5. The van der Waals surface area contributed by atoms with Crippen LogP contribution in [0.3, 0.4) is 0 Å². The van der Waals surface area contributed by atoms with Crippen molar-refractivity contribution in [2.45, 2.75) is 38.1 Å². The zero-order valence-electron chi connectivity index (χ0n) is 15.8. The summed E-state index contributed by atoms with van der Waals surface area (Å²) in [6.07, 6.45) is 3.79. The summed E-state index contributed by atoms with van der Waals surface area (Å²) in [5.74, 6) is 2.11. The highest BCUT2D eigenvalue weighted by Crippen LogP contribution is 2.25. The molecule has 7 heteroatoms. The van der Waals surface area contributed by atoms with Gasteiger partial charge in [0, 0.05) is 25.4 Å². The highest BCUT2D eigenvalue weighted by atomic mass is 32.1. The number of aromatic nitrogens is 2. The van der Waals surface area contributed by atoms with E-state index >= 15 is 0 Å². The number of thiophene rings is 1. The Kier molecular flexibility index (Phi) is 5.71. The third-order valence-corrected chi connectivity index (χ3v) is 5.93. The molecule has 146 valence electrons. The van der Waals surface area contributed by atoms with E-state index in [0.717, 1.165) is 36.4 Å². The van der Waals surface area contributed by atoms with Crippen molar-refractivity contribution in [1.82, 2.24) is 15.0 Å². The number of ether oxygens (including phenoxy) is 1. The van der Waals surface area contributed by atoms with Crippen molar-refractivity contribution in [1.29, 1.82) is 0 Å². The molecule has 1 aliphatic heterocycles. The standard InChI is InChI=1S/C21H23N3O3S/c1-26-17-7-2-5-15(14-17)13-16-6-3-11-24(16)20(25)10-9-19-22-21(23-27-19)18-8-4-12-28-18/h2,4-5,7-8,12,14,16H,3,6,9-11,13H2,1H3. The third-order valence-electron chi connectivity index (χ3n) is 5.07. The summed E-state index contributed by atoms with van der Waals surface area (Å²) in [7, 11) is 1.67. The van der Waals surface area contributed by atoms with Crippen LogP contribution in [0.25, 0.3) is 10.7 Å². The quantitative estimate of drug-likeness (QED) is 0.603. The molecule has 1 fully saturated rings. The van der Waals surface area contributed by atoms with Gasteiger partial charge in [-0.1, -0.05) is 23.4 Å². The van der Waals surface area contributed by atoms with Crippen molar-refractivity contribution in [2.75, 3.05) is 13.7 Å². The monoisotopic (exact) mass is 397 g/mol. The van der Waals surface area contributed by atoms with E-state index in [2.05, 4.69) is 16.2 Å². The summed E-state index contributed by atoms with van der Waals surface area (Å²) in [6, 6.07) is 12.2. The minimum atomic E-state index is 0.154. The maximum atomic E-state index is 12.8. The minimum absolute atomic E-state index is 0.154. The number of methoxy groups -OCH3 is 1. The van der Waals surface area contributed by atoms with Crippen molar-refractivity contribution < 1.29 is 14.1 Å². The van der Waals surface area contributed by atoms with Gasteiger partial charge < -0.3 is 14.2 Å². The van der Waals surface area contributed by atoms with Crippen LogP contribution in [0.1, 0.15) is 30.7 Å². The molecule has 1 atom stereocenters. The second-order valence-electron chi connectivity index (χ2n) is 6.93. The van der Waals surface area contributed by atoms with Gasteiger partial charge >= 0.3 is 0 Å². The second kappa shape index (κ2) is 8.56. The predicted molar refractivity (Wildman–Crippen MR) is 107 cm³/mol. The van der Waals surface area contributed by atoms with Crippen LogP contribution in [0.5, 0.6) is 5.75 Å². The van der Waals surface area contributed by atoms with E-state index in [1.165, 1.54) is 5.56 Å². The molecule has 3 heterocycles. The lowest BCUT2D eigenvalue weighted by molar-refractivity contribution is -0.132. The van der Waals surface area contributed by atoms with E-state index in [4.69, 9.17) is 9.26 Å². The summed E-state index contributed by atoms with van der Waals surface area (Å²) < 4.78 is 10.6. The van der Waals surface area contributed by atoms with Gasteiger partial charge in [0.1, 0.15) is 5.75 Å². The number of hydrogen-bond donors (Lipinski definition) is 0. The summed E-state index contributed by atoms with van der Waals surface area (Å²) in [5, 5.41) is 5.99. The molecule has 0 bridgehead atoms. The van der Waals surface area contributed by atoms with E-state index in [9.17, 15) is 4.79 Å². The molecule has 0 aliphatic carbocycles. The van der Waals surface area contributed by atoms with Crippen molar-refractivity contribution >= 4 is 17.2 Å². The van der Waals surface area contributed by atoms with Crippen LogP contribution >= 0.6 is 11.3 Å². The number of amides is 1. The van der Waals surface area contributed by atoms with Gasteiger partial charge in [-0.15, -0.1) is 11.3 Å². The van der Waals surface area contributed by atoms with Gasteiger partial charge in [-0.05, 0) is 48.4 Å². The Balaban J connectivity index is 1.34. The molecule has 2 aromatic heterocycles. The summed E-state index contributed by atoms with van der Waals surface area (Å²) in [4.78, 5) is 20.2. The van der Waals surface area contributed by atoms with E-state index < -0.39 is 0 Å². The van der Waals surface area contributed by atoms with Crippen LogP contribution in [0.2, 0.25) is 0 Å². The van der Waals surface area contributed by atoms with E-state index in [1.54, 1.807) is 18.4 Å². The first-order chi connectivity index (χ1) is 13.7. The number of carbonyl (C=O) groups excluding carboxylic acids is 1. The van der Waals surface area contributed by atoms with Crippen LogP contribution in [0, 0.1) is 0 Å². The molecular formula is C21H23N3O3S. The fourth-order valence-electron chi connectivity index (χ4n) is 3.67. The molecule has 4 rings (SSSR count). The average Bonchev–Trinajstić information content (AvgIpc) is 3.47. The maximum Gasteiger partial charge on any atom is 0.227 e. The van der Waals surface area contributed by atoms with Crippen LogP contribution < -0.4 is 4.74 Å². The van der Waals surface area contributed by atoms with Gasteiger partial charge in [0.05, 0.1) is 12.0 Å². The fraction of sp³-hybridized carbons (Fsp3) is 0.381. The molecule has 6 nitrogen and oxygen atoms in total. The molecule has 0 N–H and O–H groups in total. The van der Waals surface area contributed by atoms with Crippen LogP contribution in [-0.4, -0.2) is 40.6 Å². The topological polar surface area (TPSA) is 68.5 Å². The number of benzene rings is 1. The van der Waals surface area contributed by atoms with Gasteiger partial charge in [0.2, 0.25) is 17.6 Å². The molecule has 0 radical (unpaired) electrons. The largest absolute Gasteiger partial charge is 0.497 e. The molecule has 28 heavy (non-hydrogen) atoms. The van der Waals surface area contributed by atoms with E-state index in [1.807, 2.05) is 40.6 Å². The van der Waals surface area contributed by atoms with Crippen molar-refractivity contribution in [3.63, 3.8) is 0 Å². The number of rotatable bonds is 7. The lowest BCUT2D eigenvalue weighted by Crippen LogP contribution is -2.36. The van der Waals surface area contributed by atoms with Crippen LogP contribution in [0.15, 0.2) is 46.3 Å². The highest BCUT2D eigenvalue weighted by molar-refractivity contribution is 7.13. The average molecular weight is 398 g/mol. The summed E-state index contributed by atoms with van der Waals surface area (Å²) >= 11 is 1.57. The van der Waals surface area contributed by atoms with Gasteiger partial charge in [-0.2, -0.15) is 4.98 Å². The van der Waals surface area contributed by atoms with E-state index in [0.29, 0.717) is 24.6 Å². The minimum Gasteiger partial charge on any atom is -0.497 e. The first-order valence-corrected chi connectivity index (χ1v) is 10.4. The molecule has 1 amide bonds. The fourth-order valence-corrected chi connectivity index (χ4v) is 4.32. The Morgan fingerprint density at radius 3 is 3.11 bits per heavy atom. The third kappa shape index (κ3) is 4.25. The molecule has 1 saturated heterocycles. The smallest absolute Gasteiger partial charge is 0.227 e.